The molecule has 0 saturated heterocycles. The smallest absolute Gasteiger partial charge is 0.344 e. The summed E-state index contributed by atoms with van der Waals surface area (Å²) in [6.07, 6.45) is 16.9. The van der Waals surface area contributed by atoms with Crippen molar-refractivity contribution in [2.24, 2.45) is 0 Å². The molecule has 2 aromatic carbocycles. The van der Waals surface area contributed by atoms with Crippen molar-refractivity contribution in [1.82, 2.24) is 0 Å². The van der Waals surface area contributed by atoms with Gasteiger partial charge in [-0.3, -0.25) is 0 Å². The summed E-state index contributed by atoms with van der Waals surface area (Å²) < 4.78 is 11.1. The molecule has 35 heavy (non-hydrogen) atoms. The third-order valence-corrected chi connectivity index (χ3v) is 6.29. The van der Waals surface area contributed by atoms with E-state index in [1.807, 2.05) is 18.2 Å². The van der Waals surface area contributed by atoms with Gasteiger partial charge in [0.2, 0.25) is 0 Å². The lowest BCUT2D eigenvalue weighted by atomic mass is 10.1. The minimum atomic E-state index is -0.536. The molecule has 0 aliphatic rings. The number of hydrogen-bond donors (Lipinski definition) is 0. The second kappa shape index (κ2) is 17.8. The van der Waals surface area contributed by atoms with E-state index < -0.39 is 11.9 Å². The van der Waals surface area contributed by atoms with Gasteiger partial charge in [-0.15, -0.1) is 0 Å². The molecule has 0 saturated carbocycles. The molecule has 0 unspecified atom stereocenters. The van der Waals surface area contributed by atoms with Crippen LogP contribution in [-0.2, 0) is 11.2 Å². The average molecular weight is 481 g/mol. The zero-order chi connectivity index (χ0) is 25.1. The number of hydrogen-bond acceptors (Lipinski definition) is 4. The van der Waals surface area contributed by atoms with Crippen molar-refractivity contribution in [2.45, 2.75) is 104 Å². The molecule has 0 spiro atoms. The molecular weight excluding hydrogens is 436 g/mol. The summed E-state index contributed by atoms with van der Waals surface area (Å²) in [7, 11) is 0. The van der Waals surface area contributed by atoms with E-state index in [2.05, 4.69) is 13.8 Å². The zero-order valence-corrected chi connectivity index (χ0v) is 21.9. The maximum Gasteiger partial charge on any atom is 0.344 e. The minimum absolute atomic E-state index is 0.235. The van der Waals surface area contributed by atoms with E-state index in [4.69, 9.17) is 9.47 Å². The highest BCUT2D eigenvalue weighted by atomic mass is 16.5. The van der Waals surface area contributed by atoms with Crippen LogP contribution in [0.3, 0.4) is 0 Å². The van der Waals surface area contributed by atoms with Gasteiger partial charge in [-0.1, -0.05) is 121 Å². The van der Waals surface area contributed by atoms with E-state index in [1.165, 1.54) is 64.2 Å². The molecule has 0 fully saturated rings. The number of rotatable bonds is 18. The number of para-hydroxylation sites is 1. The number of unbranched alkanes of at least 4 members (excludes halogenated alkanes) is 11. The summed E-state index contributed by atoms with van der Waals surface area (Å²) in [5, 5.41) is 0. The first-order chi connectivity index (χ1) is 17.2. The first-order valence-corrected chi connectivity index (χ1v) is 13.7. The summed E-state index contributed by atoms with van der Waals surface area (Å²) >= 11 is 0. The monoisotopic (exact) mass is 480 g/mol. The fraction of sp³-hybridized carbons (Fsp3) is 0.548. The van der Waals surface area contributed by atoms with Gasteiger partial charge >= 0.3 is 11.9 Å². The lowest BCUT2D eigenvalue weighted by Crippen LogP contribution is -2.16. The molecule has 0 atom stereocenters. The Kier molecular flexibility index (Phi) is 14.5. The largest absolute Gasteiger partial charge is 0.462 e. The van der Waals surface area contributed by atoms with Crippen molar-refractivity contribution in [2.75, 3.05) is 6.61 Å². The summed E-state index contributed by atoms with van der Waals surface area (Å²) in [4.78, 5) is 25.5. The number of ether oxygens (including phenoxy) is 2. The van der Waals surface area contributed by atoms with Crippen LogP contribution in [0, 0.1) is 0 Å². The van der Waals surface area contributed by atoms with E-state index in [9.17, 15) is 9.59 Å². The lowest BCUT2D eigenvalue weighted by Gasteiger charge is -2.12. The fourth-order valence-corrected chi connectivity index (χ4v) is 4.26. The Morgan fingerprint density at radius 1 is 0.600 bits per heavy atom. The Morgan fingerprint density at radius 2 is 1.11 bits per heavy atom. The predicted octanol–water partition coefficient (Wildman–Crippen LogP) is 8.72. The summed E-state index contributed by atoms with van der Waals surface area (Å²) in [6, 6.07) is 14.2. The highest BCUT2D eigenvalue weighted by Crippen LogP contribution is 2.22. The van der Waals surface area contributed by atoms with Crippen LogP contribution in [-0.4, -0.2) is 18.5 Å². The maximum atomic E-state index is 12.9. The van der Waals surface area contributed by atoms with Crippen molar-refractivity contribution in [1.29, 1.82) is 0 Å². The number of carbonyl (C=O) groups excluding carboxylic acids is 2. The van der Waals surface area contributed by atoms with E-state index >= 15 is 0 Å². The number of carbonyl (C=O) groups is 2. The highest BCUT2D eigenvalue weighted by Gasteiger charge is 2.20. The second-order valence-corrected chi connectivity index (χ2v) is 9.32. The van der Waals surface area contributed by atoms with Gasteiger partial charge in [0.25, 0.3) is 0 Å². The highest BCUT2D eigenvalue weighted by molar-refractivity contribution is 6.03. The van der Waals surface area contributed by atoms with Crippen LogP contribution < -0.4 is 4.74 Å². The van der Waals surface area contributed by atoms with Crippen LogP contribution in [0.2, 0.25) is 0 Å². The average Bonchev–Trinajstić information content (AvgIpc) is 2.88. The van der Waals surface area contributed by atoms with Gasteiger partial charge in [0.15, 0.2) is 0 Å². The molecule has 0 bridgehead atoms. The second-order valence-electron chi connectivity index (χ2n) is 9.32. The zero-order valence-electron chi connectivity index (χ0n) is 21.9. The molecule has 2 aromatic rings. The van der Waals surface area contributed by atoms with E-state index in [1.54, 1.807) is 30.3 Å². The lowest BCUT2D eigenvalue weighted by molar-refractivity contribution is 0.0489. The molecule has 4 heteroatoms. The van der Waals surface area contributed by atoms with Crippen molar-refractivity contribution in [3.8, 4) is 5.75 Å². The SMILES string of the molecule is CCCCCCCCCCCCCCOC(=O)c1ccccc1C(=O)Oc1ccccc1CCC. The summed E-state index contributed by atoms with van der Waals surface area (Å²) in [6.45, 7) is 4.71. The van der Waals surface area contributed by atoms with Gasteiger partial charge in [-0.05, 0) is 36.6 Å². The number of aryl methyl sites for hydroxylation is 1. The van der Waals surface area contributed by atoms with E-state index in [0.717, 1.165) is 31.2 Å². The predicted molar refractivity (Wildman–Crippen MR) is 143 cm³/mol. The Balaban J connectivity index is 1.70. The van der Waals surface area contributed by atoms with Crippen molar-refractivity contribution < 1.29 is 19.1 Å². The minimum Gasteiger partial charge on any atom is -0.462 e. The first-order valence-electron chi connectivity index (χ1n) is 13.7. The van der Waals surface area contributed by atoms with Crippen molar-refractivity contribution in [3.05, 3.63) is 65.2 Å². The topological polar surface area (TPSA) is 52.6 Å². The van der Waals surface area contributed by atoms with Crippen LogP contribution in [0.5, 0.6) is 5.75 Å². The van der Waals surface area contributed by atoms with Crippen molar-refractivity contribution in [3.63, 3.8) is 0 Å². The quantitative estimate of drug-likeness (QED) is 0.122. The molecule has 0 amide bonds. The standard InChI is InChI=1S/C31H44O4/c1-3-5-6-7-8-9-10-11-12-13-14-19-25-34-30(32)27-22-16-17-23-28(27)31(33)35-29-24-18-15-21-26(29)20-4-2/h15-18,21-24H,3-14,19-20,25H2,1-2H3. The molecule has 0 N–H and O–H groups in total. The third-order valence-electron chi connectivity index (χ3n) is 6.29. The molecule has 0 heterocycles. The fourth-order valence-electron chi connectivity index (χ4n) is 4.26. The molecule has 4 nitrogen and oxygen atoms in total. The van der Waals surface area contributed by atoms with Crippen LogP contribution >= 0.6 is 0 Å². The Labute approximate surface area is 212 Å². The molecule has 0 aromatic heterocycles. The third kappa shape index (κ3) is 11.1. The molecule has 2 rings (SSSR count). The van der Waals surface area contributed by atoms with Crippen LogP contribution in [0.15, 0.2) is 48.5 Å². The molecule has 192 valence electrons. The maximum absolute atomic E-state index is 12.9. The van der Waals surface area contributed by atoms with Gasteiger partial charge in [-0.25, -0.2) is 9.59 Å². The van der Waals surface area contributed by atoms with Crippen molar-refractivity contribution >= 4 is 11.9 Å². The van der Waals surface area contributed by atoms with Gasteiger partial charge in [0.1, 0.15) is 5.75 Å². The Bertz CT molecular complexity index is 874. The Hall–Kier alpha value is -2.62. The molecular formula is C31H44O4. The van der Waals surface area contributed by atoms with Crippen LogP contribution in [0.4, 0.5) is 0 Å². The summed E-state index contributed by atoms with van der Waals surface area (Å²) in [5.41, 5.74) is 1.47. The van der Waals surface area contributed by atoms with Gasteiger partial charge < -0.3 is 9.47 Å². The van der Waals surface area contributed by atoms with Crippen LogP contribution in [0.25, 0.3) is 0 Å². The normalized spacial score (nSPS) is 10.8. The van der Waals surface area contributed by atoms with Gasteiger partial charge in [0.05, 0.1) is 17.7 Å². The molecule has 0 radical (unpaired) electrons. The number of esters is 2. The molecule has 0 aliphatic carbocycles. The molecule has 0 aliphatic heterocycles. The van der Waals surface area contributed by atoms with Crippen LogP contribution in [0.1, 0.15) is 124 Å². The Morgan fingerprint density at radius 3 is 1.71 bits per heavy atom. The van der Waals surface area contributed by atoms with Gasteiger partial charge in [-0.2, -0.15) is 0 Å². The summed E-state index contributed by atoms with van der Waals surface area (Å²) in [5.74, 6) is -0.465. The van der Waals surface area contributed by atoms with E-state index in [-0.39, 0.29) is 11.1 Å². The first kappa shape index (κ1) is 28.6. The number of benzene rings is 2. The van der Waals surface area contributed by atoms with Gasteiger partial charge in [0, 0.05) is 0 Å². The van der Waals surface area contributed by atoms with E-state index in [0.29, 0.717) is 12.4 Å².